The maximum Gasteiger partial charge on any atom is 0.328 e. The number of aromatic nitrogens is 1. The van der Waals surface area contributed by atoms with Crippen molar-refractivity contribution in [3.8, 4) is 5.75 Å². The van der Waals surface area contributed by atoms with Gasteiger partial charge in [0.05, 0.1) is 0 Å². The van der Waals surface area contributed by atoms with Crippen LogP contribution in [0.3, 0.4) is 0 Å². The molecule has 5 heteroatoms. The summed E-state index contributed by atoms with van der Waals surface area (Å²) in [5.74, 6) is -0.293. The third-order valence-electron chi connectivity index (χ3n) is 1.25. The molecule has 0 spiro atoms. The molecule has 1 aromatic heterocycles. The van der Waals surface area contributed by atoms with Crippen molar-refractivity contribution in [3.63, 3.8) is 0 Å². The average molecular weight is 176 g/mol. The minimum atomic E-state index is -0.399. The fourth-order valence-corrected chi connectivity index (χ4v) is 0.830. The van der Waals surface area contributed by atoms with Gasteiger partial charge in [0.15, 0.2) is 0 Å². The molecule has 0 radical (unpaired) electrons. The largest absolute Gasteiger partial charge is 0.617 e. The van der Waals surface area contributed by atoms with Crippen molar-refractivity contribution < 1.29 is 14.9 Å². The summed E-state index contributed by atoms with van der Waals surface area (Å²) >= 11 is 5.35. The summed E-state index contributed by atoms with van der Waals surface area (Å²) in [5.41, 5.74) is 0.104. The molecule has 0 atom stereocenters. The summed E-state index contributed by atoms with van der Waals surface area (Å²) in [6.45, 7) is -0.399. The van der Waals surface area contributed by atoms with Crippen LogP contribution >= 0.6 is 11.6 Å². The summed E-state index contributed by atoms with van der Waals surface area (Å²) in [6, 6.07) is 2.55. The molecule has 1 rings (SSSR count). The highest BCUT2D eigenvalue weighted by atomic mass is 35.5. The lowest BCUT2D eigenvalue weighted by Crippen LogP contribution is -2.32. The van der Waals surface area contributed by atoms with E-state index in [1.54, 1.807) is 0 Å². The number of hydrogen-bond acceptors (Lipinski definition) is 3. The van der Waals surface area contributed by atoms with Crippen molar-refractivity contribution >= 4 is 11.6 Å². The van der Waals surface area contributed by atoms with Gasteiger partial charge in [-0.1, -0.05) is 0 Å². The lowest BCUT2D eigenvalue weighted by atomic mass is 10.3. The summed E-state index contributed by atoms with van der Waals surface area (Å²) in [6.07, 6.45) is 0. The Morgan fingerprint density at radius 2 is 2.18 bits per heavy atom. The Morgan fingerprint density at radius 3 is 2.73 bits per heavy atom. The number of hydrogen-bond donors (Lipinski definition) is 2. The zero-order chi connectivity index (χ0) is 8.43. The molecular formula is C6H6ClNO3. The third kappa shape index (κ3) is 1.36. The quantitative estimate of drug-likeness (QED) is 0.363. The minimum absolute atomic E-state index is 0.104. The van der Waals surface area contributed by atoms with Gasteiger partial charge in [0, 0.05) is 6.07 Å². The number of aliphatic hydroxyl groups excluding tert-OH is 1. The second-order valence-corrected chi connectivity index (χ2v) is 2.31. The summed E-state index contributed by atoms with van der Waals surface area (Å²) in [7, 11) is 0. The lowest BCUT2D eigenvalue weighted by Gasteiger charge is -2.03. The zero-order valence-corrected chi connectivity index (χ0v) is 6.25. The van der Waals surface area contributed by atoms with E-state index in [4.69, 9.17) is 21.8 Å². The predicted octanol–water partition coefficient (Wildman–Crippen LogP) is 0.171. The van der Waals surface area contributed by atoms with E-state index in [2.05, 4.69) is 0 Å². The molecule has 60 valence electrons. The van der Waals surface area contributed by atoms with Gasteiger partial charge < -0.3 is 15.4 Å². The van der Waals surface area contributed by atoms with E-state index in [9.17, 15) is 5.21 Å². The molecule has 0 amide bonds. The van der Waals surface area contributed by atoms with Gasteiger partial charge in [-0.25, -0.2) is 0 Å². The number of nitrogens with zero attached hydrogens (tertiary/aromatic N) is 1. The Labute approximate surface area is 67.9 Å². The minimum Gasteiger partial charge on any atom is -0.617 e. The number of halogens is 1. The molecule has 0 aliphatic carbocycles. The molecule has 0 unspecified atom stereocenters. The lowest BCUT2D eigenvalue weighted by molar-refractivity contribution is -0.614. The zero-order valence-electron chi connectivity index (χ0n) is 5.49. The van der Waals surface area contributed by atoms with Crippen LogP contribution in [0.5, 0.6) is 5.75 Å². The molecule has 0 aliphatic rings. The van der Waals surface area contributed by atoms with Crippen molar-refractivity contribution in [3.05, 3.63) is 28.2 Å². The van der Waals surface area contributed by atoms with Crippen LogP contribution in [0.25, 0.3) is 0 Å². The first kappa shape index (κ1) is 8.10. The van der Waals surface area contributed by atoms with Gasteiger partial charge in [0.25, 0.3) is 0 Å². The van der Waals surface area contributed by atoms with Crippen LogP contribution < -0.4 is 4.73 Å². The predicted molar refractivity (Wildman–Crippen MR) is 38.0 cm³/mol. The molecular weight excluding hydrogens is 170 g/mol. The smallest absolute Gasteiger partial charge is 0.328 e. The Bertz CT molecular complexity index is 277. The van der Waals surface area contributed by atoms with Crippen LogP contribution in [0, 0.1) is 5.21 Å². The van der Waals surface area contributed by atoms with E-state index < -0.39 is 6.61 Å². The van der Waals surface area contributed by atoms with Crippen LogP contribution in [-0.4, -0.2) is 10.2 Å². The first-order valence-electron chi connectivity index (χ1n) is 2.87. The Kier molecular flexibility index (Phi) is 2.16. The van der Waals surface area contributed by atoms with Crippen molar-refractivity contribution in [2.24, 2.45) is 0 Å². The number of aliphatic hydroxyl groups is 1. The molecule has 1 heterocycles. The third-order valence-corrected chi connectivity index (χ3v) is 1.59. The maximum atomic E-state index is 10.9. The van der Waals surface area contributed by atoms with Gasteiger partial charge in [0.1, 0.15) is 6.61 Å². The van der Waals surface area contributed by atoms with Gasteiger partial charge in [0.2, 0.25) is 11.4 Å². The molecule has 2 N–H and O–H groups in total. The van der Waals surface area contributed by atoms with Crippen LogP contribution in [0.4, 0.5) is 0 Å². The molecule has 11 heavy (non-hydrogen) atoms. The van der Waals surface area contributed by atoms with E-state index in [0.717, 1.165) is 0 Å². The summed E-state index contributed by atoms with van der Waals surface area (Å²) < 4.78 is 0.275. The van der Waals surface area contributed by atoms with E-state index in [1.165, 1.54) is 12.1 Å². The second-order valence-electron chi connectivity index (χ2n) is 1.95. The number of aromatic hydroxyl groups is 1. The molecule has 0 aliphatic heterocycles. The summed E-state index contributed by atoms with van der Waals surface area (Å²) in [4.78, 5) is 0. The van der Waals surface area contributed by atoms with Crippen molar-refractivity contribution in [1.82, 2.24) is 0 Å². The Balaban J connectivity index is 3.25. The van der Waals surface area contributed by atoms with Gasteiger partial charge in [-0.2, -0.15) is 4.73 Å². The molecule has 0 bridgehead atoms. The van der Waals surface area contributed by atoms with Crippen LogP contribution in [0.2, 0.25) is 5.15 Å². The second kappa shape index (κ2) is 2.94. The van der Waals surface area contributed by atoms with Crippen molar-refractivity contribution in [2.75, 3.05) is 0 Å². The number of pyridine rings is 1. The first-order valence-corrected chi connectivity index (χ1v) is 3.25. The Hall–Kier alpha value is -1.00. The average Bonchev–Trinajstić information content (AvgIpc) is 2.01. The maximum absolute atomic E-state index is 10.9. The highest BCUT2D eigenvalue weighted by Gasteiger charge is 2.12. The van der Waals surface area contributed by atoms with Gasteiger partial charge in [-0.3, -0.25) is 0 Å². The topological polar surface area (TPSA) is 67.4 Å². The van der Waals surface area contributed by atoms with E-state index in [-0.39, 0.29) is 21.3 Å². The normalized spacial score (nSPS) is 10.0. The molecule has 0 fully saturated rings. The van der Waals surface area contributed by atoms with E-state index in [1.807, 2.05) is 0 Å². The Morgan fingerprint density at radius 1 is 1.55 bits per heavy atom. The van der Waals surface area contributed by atoms with Crippen LogP contribution in [0.1, 0.15) is 5.69 Å². The van der Waals surface area contributed by atoms with Crippen LogP contribution in [-0.2, 0) is 6.61 Å². The van der Waals surface area contributed by atoms with E-state index in [0.29, 0.717) is 0 Å². The highest BCUT2D eigenvalue weighted by Crippen LogP contribution is 2.17. The molecule has 0 saturated heterocycles. The fourth-order valence-electron chi connectivity index (χ4n) is 0.659. The van der Waals surface area contributed by atoms with Gasteiger partial charge in [-0.05, 0) is 17.7 Å². The van der Waals surface area contributed by atoms with Gasteiger partial charge in [-0.15, -0.1) is 0 Å². The standard InChI is InChI=1S/C6H6ClNO3/c7-6-5(10)2-1-4(3-9)8(6)11/h1-2,9-10H,3H2. The SMILES string of the molecule is [O-][n+]1c(CO)ccc(O)c1Cl. The van der Waals surface area contributed by atoms with Crippen molar-refractivity contribution in [2.45, 2.75) is 6.61 Å². The van der Waals surface area contributed by atoms with E-state index >= 15 is 0 Å². The summed E-state index contributed by atoms with van der Waals surface area (Å²) in [5, 5.41) is 28.0. The van der Waals surface area contributed by atoms with Gasteiger partial charge >= 0.3 is 5.15 Å². The number of rotatable bonds is 1. The van der Waals surface area contributed by atoms with Crippen molar-refractivity contribution in [1.29, 1.82) is 0 Å². The van der Waals surface area contributed by atoms with Crippen LogP contribution in [0.15, 0.2) is 12.1 Å². The molecule has 0 saturated carbocycles. The monoisotopic (exact) mass is 175 g/mol. The highest BCUT2D eigenvalue weighted by molar-refractivity contribution is 6.29. The fraction of sp³-hybridized carbons (Fsp3) is 0.167. The molecule has 4 nitrogen and oxygen atoms in total. The molecule has 0 aromatic carbocycles. The molecule has 1 aromatic rings. The first-order chi connectivity index (χ1) is 5.16.